The van der Waals surface area contributed by atoms with Crippen LogP contribution in [0.4, 0.5) is 0 Å². The molecule has 0 radical (unpaired) electrons. The molecule has 1 nitrogen and oxygen atoms in total. The van der Waals surface area contributed by atoms with Gasteiger partial charge < -0.3 is 0 Å². The Labute approximate surface area is 182 Å². The third-order valence-electron chi connectivity index (χ3n) is 4.61. The van der Waals surface area contributed by atoms with E-state index >= 15 is 0 Å². The molecule has 0 N–H and O–H groups in total. The van der Waals surface area contributed by atoms with E-state index in [9.17, 15) is 4.57 Å². The molecule has 4 aromatic rings. The van der Waals surface area contributed by atoms with Crippen molar-refractivity contribution in [1.29, 1.82) is 0 Å². The molecule has 0 amide bonds. The zero-order valence-corrected chi connectivity index (χ0v) is 19.1. The summed E-state index contributed by atoms with van der Waals surface area (Å²) in [6.45, 7) is 0. The van der Waals surface area contributed by atoms with Crippen LogP contribution in [-0.4, -0.2) is 20.9 Å². The monoisotopic (exact) mass is 510 g/mol. The molecule has 0 saturated carbocycles. The van der Waals surface area contributed by atoms with Crippen molar-refractivity contribution in [2.75, 3.05) is 0 Å². The summed E-state index contributed by atoms with van der Waals surface area (Å²) in [4.78, 5) is 0. The van der Waals surface area contributed by atoms with Gasteiger partial charge >= 0.3 is 183 Å². The molecule has 3 heteroatoms. The normalized spacial score (nSPS) is 11.9. The van der Waals surface area contributed by atoms with E-state index in [2.05, 4.69) is 54.3 Å². The van der Waals surface area contributed by atoms with E-state index in [0.29, 0.717) is 0 Å². The van der Waals surface area contributed by atoms with Crippen molar-refractivity contribution in [2.45, 2.75) is 0 Å². The van der Waals surface area contributed by atoms with E-state index in [0.717, 1.165) is 16.2 Å². The minimum absolute atomic E-state index is 0.699. The predicted octanol–water partition coefficient (Wildman–Crippen LogP) is 5.03. The zero-order chi connectivity index (χ0) is 19.9. The second-order valence-electron chi connectivity index (χ2n) is 6.60. The molecular weight excluding hydrogens is 487 g/mol. The van der Waals surface area contributed by atoms with Crippen LogP contribution in [0.1, 0.15) is 5.56 Å². The summed E-state index contributed by atoms with van der Waals surface area (Å²) >= 11 is -0.699. The molecule has 0 aliphatic heterocycles. The molecule has 4 aromatic carbocycles. The van der Waals surface area contributed by atoms with E-state index in [1.165, 1.54) is 7.23 Å². The van der Waals surface area contributed by atoms with Crippen LogP contribution in [0.25, 0.3) is 3.62 Å². The summed E-state index contributed by atoms with van der Waals surface area (Å²) in [6, 6.07) is 40.7. The Morgan fingerprint density at radius 2 is 1.00 bits per heavy atom. The first-order valence-electron chi connectivity index (χ1n) is 9.48. The molecule has 0 bridgehead atoms. The van der Waals surface area contributed by atoms with Crippen LogP contribution in [0.15, 0.2) is 127 Å². The first kappa shape index (κ1) is 19.9. The quantitative estimate of drug-likeness (QED) is 0.264. The van der Waals surface area contributed by atoms with Crippen molar-refractivity contribution in [2.24, 2.45) is 0 Å². The van der Waals surface area contributed by atoms with Crippen molar-refractivity contribution >= 4 is 45.9 Å². The third-order valence-corrected chi connectivity index (χ3v) is 11.0. The van der Waals surface area contributed by atoms with Gasteiger partial charge in [0.05, 0.1) is 0 Å². The molecule has 0 atom stereocenters. The van der Waals surface area contributed by atoms with Crippen LogP contribution in [0.2, 0.25) is 0 Å². The van der Waals surface area contributed by atoms with Gasteiger partial charge in [-0.3, -0.25) is 0 Å². The fraction of sp³-hybridized carbons (Fsp3) is 0. The Morgan fingerprint density at radius 1 is 0.586 bits per heavy atom. The molecule has 0 saturated heterocycles. The second kappa shape index (κ2) is 9.42. The van der Waals surface area contributed by atoms with Crippen LogP contribution in [0.5, 0.6) is 0 Å². The Morgan fingerprint density at radius 3 is 1.48 bits per heavy atom. The van der Waals surface area contributed by atoms with Gasteiger partial charge in [-0.05, 0) is 0 Å². The molecule has 4 rings (SSSR count). The summed E-state index contributed by atoms with van der Waals surface area (Å²) in [5.41, 5.74) is 1.16. The molecule has 142 valence electrons. The average Bonchev–Trinajstić information content (AvgIpc) is 2.81. The standard InChI is InChI=1S/C26H21OPTe/c27-28(23-15-7-2-8-16-23,24-17-9-3-10-18-24)21-26(22-13-5-1-6-14-22)29-25-19-11-4-12-20-25/h1-21H/b26-21-. The van der Waals surface area contributed by atoms with Crippen molar-refractivity contribution in [3.8, 4) is 0 Å². The van der Waals surface area contributed by atoms with Crippen LogP contribution < -0.4 is 14.2 Å². The first-order chi connectivity index (χ1) is 14.3. The summed E-state index contributed by atoms with van der Waals surface area (Å²) in [5.74, 6) is 2.07. The fourth-order valence-electron chi connectivity index (χ4n) is 3.14. The maximum absolute atomic E-state index is 14.5. The van der Waals surface area contributed by atoms with Gasteiger partial charge in [0.2, 0.25) is 0 Å². The van der Waals surface area contributed by atoms with Gasteiger partial charge in [-0.1, -0.05) is 0 Å². The Balaban J connectivity index is 1.90. The summed E-state index contributed by atoms with van der Waals surface area (Å²) in [7, 11) is -2.91. The molecule has 0 spiro atoms. The van der Waals surface area contributed by atoms with E-state index in [1.54, 1.807) is 0 Å². The van der Waals surface area contributed by atoms with Crippen molar-refractivity contribution in [1.82, 2.24) is 0 Å². The number of benzene rings is 4. The second-order valence-corrected chi connectivity index (χ2v) is 12.4. The van der Waals surface area contributed by atoms with Gasteiger partial charge in [0.15, 0.2) is 0 Å². The van der Waals surface area contributed by atoms with Crippen molar-refractivity contribution in [3.05, 3.63) is 133 Å². The summed E-state index contributed by atoms with van der Waals surface area (Å²) in [6.07, 6.45) is 0. The van der Waals surface area contributed by atoms with Gasteiger partial charge in [0.25, 0.3) is 0 Å². The van der Waals surface area contributed by atoms with E-state index in [4.69, 9.17) is 0 Å². The Hall–Kier alpha value is -2.36. The summed E-state index contributed by atoms with van der Waals surface area (Å²) in [5, 5.41) is 1.75. The molecular formula is C26H21OPTe. The topological polar surface area (TPSA) is 17.1 Å². The SMILES string of the molecule is O=P(/C=C(\[Te]c1ccccc1)c1ccccc1)(c1ccccc1)c1ccccc1. The predicted molar refractivity (Wildman–Crippen MR) is 126 cm³/mol. The number of rotatable bonds is 6. The van der Waals surface area contributed by atoms with Crippen molar-refractivity contribution < 1.29 is 4.57 Å². The third kappa shape index (κ3) is 4.80. The maximum atomic E-state index is 14.5. The van der Waals surface area contributed by atoms with Crippen LogP contribution in [0, 0.1) is 0 Å². The average molecular weight is 508 g/mol. The fourth-order valence-corrected chi connectivity index (χ4v) is 9.51. The molecule has 0 unspecified atom stereocenters. The Kier molecular flexibility index (Phi) is 6.48. The van der Waals surface area contributed by atoms with Gasteiger partial charge in [0.1, 0.15) is 0 Å². The zero-order valence-electron chi connectivity index (χ0n) is 15.9. The molecule has 0 aromatic heterocycles. The van der Waals surface area contributed by atoms with Crippen LogP contribution in [-0.2, 0) is 4.57 Å². The van der Waals surface area contributed by atoms with Gasteiger partial charge in [-0.15, -0.1) is 0 Å². The van der Waals surface area contributed by atoms with E-state index in [-0.39, 0.29) is 0 Å². The summed E-state index contributed by atoms with van der Waals surface area (Å²) < 4.78 is 17.1. The molecule has 0 heterocycles. The first-order valence-corrected chi connectivity index (χ1v) is 13.6. The van der Waals surface area contributed by atoms with Gasteiger partial charge in [-0.2, -0.15) is 0 Å². The molecule has 0 fully saturated rings. The number of hydrogen-bond donors (Lipinski definition) is 0. The van der Waals surface area contributed by atoms with E-state index < -0.39 is 28.1 Å². The van der Waals surface area contributed by atoms with Crippen LogP contribution in [0.3, 0.4) is 0 Å². The van der Waals surface area contributed by atoms with Crippen molar-refractivity contribution in [3.63, 3.8) is 0 Å². The number of hydrogen-bond acceptors (Lipinski definition) is 1. The molecule has 0 aliphatic rings. The molecule has 0 aliphatic carbocycles. The van der Waals surface area contributed by atoms with Gasteiger partial charge in [-0.25, -0.2) is 0 Å². The van der Waals surface area contributed by atoms with Gasteiger partial charge in [0, 0.05) is 0 Å². The van der Waals surface area contributed by atoms with E-state index in [1.807, 2.05) is 72.8 Å². The van der Waals surface area contributed by atoms with Crippen LogP contribution >= 0.6 is 7.14 Å². The molecule has 29 heavy (non-hydrogen) atoms. The Bertz CT molecular complexity index is 1080. The minimum atomic E-state index is -2.91.